The first-order valence-electron chi connectivity index (χ1n) is 4.90. The predicted molar refractivity (Wildman–Crippen MR) is 75.8 cm³/mol. The topological polar surface area (TPSA) is 17.1 Å². The molecule has 0 atom stereocenters. The van der Waals surface area contributed by atoms with Gasteiger partial charge in [0.15, 0.2) is 0 Å². The summed E-state index contributed by atoms with van der Waals surface area (Å²) in [5, 5.41) is 1.33. The molecule has 1 nitrogen and oxygen atoms in total. The van der Waals surface area contributed by atoms with Crippen molar-refractivity contribution in [3.05, 3.63) is 0 Å². The van der Waals surface area contributed by atoms with Crippen molar-refractivity contribution in [1.82, 2.24) is 0 Å². The minimum Gasteiger partial charge on any atom is -0.289 e. The molecule has 0 N–H and O–H groups in total. The average Bonchev–Trinajstić information content (AvgIpc) is 1.76. The van der Waals surface area contributed by atoms with E-state index < -0.39 is 4.75 Å². The minimum atomic E-state index is -2.14. The molecule has 5 heteroatoms. The summed E-state index contributed by atoms with van der Waals surface area (Å²) in [4.78, 5) is 0. The second kappa shape index (κ2) is 6.78. The Balaban J connectivity index is 4.41. The van der Waals surface area contributed by atoms with Crippen molar-refractivity contribution < 1.29 is 4.57 Å². The highest BCUT2D eigenvalue weighted by Crippen LogP contribution is 2.80. The molecule has 0 radical (unpaired) electrons. The summed E-state index contributed by atoms with van der Waals surface area (Å²) in [5.74, 6) is 0. The van der Waals surface area contributed by atoms with Crippen molar-refractivity contribution >= 4 is 38.9 Å². The first-order valence-corrected chi connectivity index (χ1v) is 11.1. The molecule has 0 aromatic heterocycles. The minimum absolute atomic E-state index is 0.443. The van der Waals surface area contributed by atoms with E-state index in [4.69, 9.17) is 0 Å². The van der Waals surface area contributed by atoms with Crippen LogP contribution in [-0.4, -0.2) is 15.7 Å². The molecule has 0 aliphatic rings. The molecule has 0 aliphatic carbocycles. The lowest BCUT2D eigenvalue weighted by molar-refractivity contribution is 0.601. The van der Waals surface area contributed by atoms with E-state index in [1.807, 2.05) is 0 Å². The van der Waals surface area contributed by atoms with E-state index in [1.165, 1.54) is 0 Å². The zero-order valence-electron chi connectivity index (χ0n) is 9.81. The lowest BCUT2D eigenvalue weighted by Gasteiger charge is -2.21. The average molecular weight is 272 g/mol. The van der Waals surface area contributed by atoms with Gasteiger partial charge >= 0.3 is 0 Å². The van der Waals surface area contributed by atoms with Crippen LogP contribution in [0.2, 0.25) is 0 Å². The van der Waals surface area contributed by atoms with Gasteiger partial charge in [0.1, 0.15) is 0 Å². The van der Waals surface area contributed by atoms with Gasteiger partial charge in [-0.05, 0) is 0 Å². The Kier molecular flexibility index (Phi) is 7.39. The summed E-state index contributed by atoms with van der Waals surface area (Å²) in [5.41, 5.74) is 0. The fourth-order valence-corrected chi connectivity index (χ4v) is 18.3. The standard InChI is InChI=1S/C9H21OPS3/c1-7(2)12-11(10,13-8(3)4)14-9(5)6/h7-9H,1-6H3. The van der Waals surface area contributed by atoms with Crippen molar-refractivity contribution in [1.29, 1.82) is 0 Å². The molecule has 0 fully saturated rings. The van der Waals surface area contributed by atoms with Gasteiger partial charge in [-0.3, -0.25) is 4.57 Å². The predicted octanol–water partition coefficient (Wildman–Crippen LogP) is 5.52. The smallest absolute Gasteiger partial charge is 0.244 e. The summed E-state index contributed by atoms with van der Waals surface area (Å²) in [6.07, 6.45) is 0. The number of hydrogen-bond acceptors (Lipinski definition) is 4. The molecule has 0 saturated carbocycles. The molecule has 0 aliphatic heterocycles. The van der Waals surface area contributed by atoms with Gasteiger partial charge < -0.3 is 0 Å². The molecule has 0 saturated heterocycles. The molecule has 0 spiro atoms. The van der Waals surface area contributed by atoms with E-state index >= 15 is 0 Å². The van der Waals surface area contributed by atoms with Gasteiger partial charge in [0.2, 0.25) is 4.75 Å². The largest absolute Gasteiger partial charge is 0.289 e. The van der Waals surface area contributed by atoms with Crippen LogP contribution in [0.5, 0.6) is 0 Å². The number of rotatable bonds is 6. The van der Waals surface area contributed by atoms with Crippen LogP contribution in [0.3, 0.4) is 0 Å². The summed E-state index contributed by atoms with van der Waals surface area (Å²) >= 11 is 4.92. The fourth-order valence-electron chi connectivity index (χ4n) is 0.849. The van der Waals surface area contributed by atoms with Crippen molar-refractivity contribution in [2.24, 2.45) is 0 Å². The Bertz CT molecular complexity index is 171. The second-order valence-electron chi connectivity index (χ2n) is 3.91. The van der Waals surface area contributed by atoms with Crippen LogP contribution < -0.4 is 0 Å². The molecule has 0 rings (SSSR count). The molecule has 0 bridgehead atoms. The molecule has 0 heterocycles. The summed E-state index contributed by atoms with van der Waals surface area (Å²) in [6, 6.07) is 0. The van der Waals surface area contributed by atoms with E-state index in [1.54, 1.807) is 34.1 Å². The SMILES string of the molecule is CC(C)SP(=O)(SC(C)C)SC(C)C. The van der Waals surface area contributed by atoms with Gasteiger partial charge in [0.05, 0.1) is 0 Å². The van der Waals surface area contributed by atoms with Crippen molar-refractivity contribution in [3.8, 4) is 0 Å². The summed E-state index contributed by atoms with van der Waals surface area (Å²) in [7, 11) is 0. The van der Waals surface area contributed by atoms with Gasteiger partial charge in [0.25, 0.3) is 0 Å². The zero-order chi connectivity index (χ0) is 11.4. The lowest BCUT2D eigenvalue weighted by atomic mass is 10.6. The molecule has 0 aromatic carbocycles. The zero-order valence-corrected chi connectivity index (χ0v) is 13.2. The molecular formula is C9H21OPS3. The Morgan fingerprint density at radius 3 is 1.07 bits per heavy atom. The first kappa shape index (κ1) is 15.3. The van der Waals surface area contributed by atoms with Crippen LogP contribution in [0.1, 0.15) is 41.5 Å². The Labute approximate surface area is 101 Å². The van der Waals surface area contributed by atoms with E-state index in [2.05, 4.69) is 41.5 Å². The third-order valence-electron chi connectivity index (χ3n) is 1.02. The van der Waals surface area contributed by atoms with Gasteiger partial charge in [-0.25, -0.2) is 0 Å². The third kappa shape index (κ3) is 7.56. The molecule has 0 amide bonds. The van der Waals surface area contributed by atoms with Gasteiger partial charge in [-0.2, -0.15) is 0 Å². The number of hydrogen-bond donors (Lipinski definition) is 0. The third-order valence-corrected chi connectivity index (χ3v) is 13.8. The summed E-state index contributed by atoms with van der Waals surface area (Å²) in [6.45, 7) is 12.7. The van der Waals surface area contributed by atoms with Crippen molar-refractivity contribution in [3.63, 3.8) is 0 Å². The Morgan fingerprint density at radius 2 is 0.929 bits per heavy atom. The maximum atomic E-state index is 12.5. The van der Waals surface area contributed by atoms with Gasteiger partial charge in [-0.15, -0.1) is 0 Å². The highest BCUT2D eigenvalue weighted by Gasteiger charge is 2.28. The Morgan fingerprint density at radius 1 is 0.714 bits per heavy atom. The summed E-state index contributed by atoms with van der Waals surface area (Å²) < 4.78 is 10.4. The highest BCUT2D eigenvalue weighted by atomic mass is 33.4. The lowest BCUT2D eigenvalue weighted by Crippen LogP contribution is -1.91. The quantitative estimate of drug-likeness (QED) is 0.592. The van der Waals surface area contributed by atoms with Crippen LogP contribution in [-0.2, 0) is 4.57 Å². The van der Waals surface area contributed by atoms with E-state index in [0.717, 1.165) is 0 Å². The maximum absolute atomic E-state index is 12.5. The van der Waals surface area contributed by atoms with Gasteiger partial charge in [0, 0.05) is 15.7 Å². The fraction of sp³-hybridized carbons (Fsp3) is 1.00. The van der Waals surface area contributed by atoms with Crippen molar-refractivity contribution in [2.45, 2.75) is 57.3 Å². The first-order chi connectivity index (χ1) is 6.25. The van der Waals surface area contributed by atoms with Crippen LogP contribution >= 0.6 is 38.9 Å². The van der Waals surface area contributed by atoms with Crippen LogP contribution in [0, 0.1) is 0 Å². The molecule has 14 heavy (non-hydrogen) atoms. The Hall–Kier alpha value is 1.28. The van der Waals surface area contributed by atoms with Crippen LogP contribution in [0.4, 0.5) is 0 Å². The van der Waals surface area contributed by atoms with Crippen LogP contribution in [0.25, 0.3) is 0 Å². The maximum Gasteiger partial charge on any atom is 0.244 e. The molecule has 86 valence electrons. The monoisotopic (exact) mass is 272 g/mol. The molecule has 0 unspecified atom stereocenters. The normalized spacial score (nSPS) is 13.2. The van der Waals surface area contributed by atoms with Crippen LogP contribution in [0.15, 0.2) is 0 Å². The van der Waals surface area contributed by atoms with Crippen molar-refractivity contribution in [2.75, 3.05) is 0 Å². The van der Waals surface area contributed by atoms with Gasteiger partial charge in [-0.1, -0.05) is 75.7 Å². The molecular weight excluding hydrogens is 251 g/mol. The van der Waals surface area contributed by atoms with E-state index in [0.29, 0.717) is 15.7 Å². The second-order valence-corrected chi connectivity index (χ2v) is 16.9. The van der Waals surface area contributed by atoms with E-state index in [-0.39, 0.29) is 0 Å². The van der Waals surface area contributed by atoms with E-state index in [9.17, 15) is 4.57 Å². The highest BCUT2D eigenvalue weighted by molar-refractivity contribution is 9.14. The molecule has 0 aromatic rings.